The van der Waals surface area contributed by atoms with Crippen LogP contribution in [0.25, 0.3) is 10.9 Å². The van der Waals surface area contributed by atoms with Crippen LogP contribution in [0.3, 0.4) is 0 Å². The number of hydrogen-bond acceptors (Lipinski definition) is 8. The van der Waals surface area contributed by atoms with Gasteiger partial charge in [-0.25, -0.2) is 14.4 Å². The van der Waals surface area contributed by atoms with Gasteiger partial charge in [0.2, 0.25) is 6.41 Å². The summed E-state index contributed by atoms with van der Waals surface area (Å²) in [5.74, 6) is 0.459. The highest BCUT2D eigenvalue weighted by Crippen LogP contribution is 2.33. The van der Waals surface area contributed by atoms with Crippen LogP contribution in [-0.4, -0.2) is 85.3 Å². The van der Waals surface area contributed by atoms with E-state index in [0.717, 1.165) is 32.8 Å². The van der Waals surface area contributed by atoms with Crippen LogP contribution in [0, 0.1) is 5.82 Å². The van der Waals surface area contributed by atoms with Gasteiger partial charge in [0.15, 0.2) is 0 Å². The number of likely N-dealkylation sites (N-methyl/N-ethyl adjacent to an activating group) is 1. The fourth-order valence-electron chi connectivity index (χ4n) is 4.65. The van der Waals surface area contributed by atoms with E-state index in [1.54, 1.807) is 18.2 Å². The number of anilines is 3. The molecule has 5 rings (SSSR count). The van der Waals surface area contributed by atoms with Crippen LogP contribution in [0.4, 0.5) is 21.6 Å². The number of carbonyl (C=O) groups excluding carboxylic acids is 1. The zero-order valence-corrected chi connectivity index (χ0v) is 22.4. The van der Waals surface area contributed by atoms with E-state index in [-0.39, 0.29) is 5.02 Å². The van der Waals surface area contributed by atoms with Gasteiger partial charge in [0.05, 0.1) is 42.1 Å². The van der Waals surface area contributed by atoms with Crippen molar-refractivity contribution in [1.82, 2.24) is 19.8 Å². The topological polar surface area (TPSA) is 91.8 Å². The van der Waals surface area contributed by atoms with Crippen molar-refractivity contribution < 1.29 is 18.7 Å². The van der Waals surface area contributed by atoms with Gasteiger partial charge in [-0.15, -0.1) is 0 Å². The van der Waals surface area contributed by atoms with E-state index < -0.39 is 5.82 Å². The molecule has 202 valence electrons. The molecule has 3 heterocycles. The Morgan fingerprint density at radius 3 is 2.84 bits per heavy atom. The number of nitrogens with zero attached hydrogens (tertiary/aromatic N) is 4. The van der Waals surface area contributed by atoms with Gasteiger partial charge in [-0.3, -0.25) is 9.69 Å². The maximum atomic E-state index is 13.3. The molecule has 1 aromatic heterocycles. The molecule has 1 amide bonds. The predicted molar refractivity (Wildman–Crippen MR) is 148 cm³/mol. The van der Waals surface area contributed by atoms with Gasteiger partial charge in [-0.2, -0.15) is 0 Å². The Hall–Kier alpha value is -3.31. The summed E-state index contributed by atoms with van der Waals surface area (Å²) in [7, 11) is 3.67. The number of fused-ring (bicyclic) bond motifs is 2. The Bertz CT molecular complexity index is 1290. The number of rotatable bonds is 7. The summed E-state index contributed by atoms with van der Waals surface area (Å²) in [6, 6.07) is 8.25. The first kappa shape index (κ1) is 27.7. The number of carbonyl (C=O) groups is 1. The first-order valence-electron chi connectivity index (χ1n) is 12.3. The van der Waals surface area contributed by atoms with Crippen LogP contribution in [0.5, 0.6) is 5.75 Å². The lowest BCUT2D eigenvalue weighted by Crippen LogP contribution is -2.50. The summed E-state index contributed by atoms with van der Waals surface area (Å²) < 4.78 is 24.3. The lowest BCUT2D eigenvalue weighted by Gasteiger charge is -2.36. The number of morpholine rings is 1. The van der Waals surface area contributed by atoms with E-state index in [9.17, 15) is 9.18 Å². The lowest BCUT2D eigenvalue weighted by atomic mass is 10.1. The molecule has 38 heavy (non-hydrogen) atoms. The van der Waals surface area contributed by atoms with E-state index in [1.807, 2.05) is 0 Å². The molecule has 2 N–H and O–H groups in total. The number of benzene rings is 2. The highest BCUT2D eigenvalue weighted by molar-refractivity contribution is 6.31. The normalized spacial score (nSPS) is 19.6. The molecule has 3 aromatic rings. The summed E-state index contributed by atoms with van der Waals surface area (Å²) in [5.41, 5.74) is 1.67. The van der Waals surface area contributed by atoms with E-state index >= 15 is 0 Å². The fourth-order valence-corrected chi connectivity index (χ4v) is 4.83. The number of likely N-dealkylation sites (tertiary alicyclic amines) is 1. The molecule has 2 aromatic carbocycles. The van der Waals surface area contributed by atoms with Crippen LogP contribution < -0.4 is 15.4 Å². The Kier molecular flexibility index (Phi) is 9.46. The number of halogens is 2. The maximum absolute atomic E-state index is 13.3. The van der Waals surface area contributed by atoms with Crippen molar-refractivity contribution in [2.45, 2.75) is 19.1 Å². The summed E-state index contributed by atoms with van der Waals surface area (Å²) >= 11 is 5.79. The first-order chi connectivity index (χ1) is 18.4. The molecule has 11 heteroatoms. The van der Waals surface area contributed by atoms with Gasteiger partial charge >= 0.3 is 0 Å². The molecule has 0 radical (unpaired) electrons. The van der Waals surface area contributed by atoms with Crippen LogP contribution in [-0.2, 0) is 9.53 Å². The molecular weight excluding hydrogens is 511 g/mol. The second-order valence-corrected chi connectivity index (χ2v) is 9.48. The molecule has 2 aliphatic rings. The van der Waals surface area contributed by atoms with Crippen molar-refractivity contribution in [3.8, 4) is 5.75 Å². The Labute approximate surface area is 226 Å². The maximum Gasteiger partial charge on any atom is 0.211 e. The molecule has 2 fully saturated rings. The number of amides is 1. The number of allylic oxidation sites excluding steroid dienone is 1. The van der Waals surface area contributed by atoms with Crippen molar-refractivity contribution in [2.24, 2.45) is 0 Å². The average Bonchev–Trinajstić information content (AvgIpc) is 3.31. The quantitative estimate of drug-likeness (QED) is 0.337. The van der Waals surface area contributed by atoms with Gasteiger partial charge in [-0.05, 0) is 38.2 Å². The molecular formula is C27H32ClFN6O3. The molecule has 2 saturated heterocycles. The molecule has 0 saturated carbocycles. The smallest absolute Gasteiger partial charge is 0.211 e. The lowest BCUT2D eigenvalue weighted by molar-refractivity contribution is -0.105. The molecule has 0 spiro atoms. The summed E-state index contributed by atoms with van der Waals surface area (Å²) in [6.45, 7) is 7.39. The summed E-state index contributed by atoms with van der Waals surface area (Å²) in [4.78, 5) is 24.1. The second-order valence-electron chi connectivity index (χ2n) is 9.07. The highest BCUT2D eigenvalue weighted by Gasteiger charge is 2.37. The number of methoxy groups -OCH3 is 1. The number of nitrogens with one attached hydrogen (secondary N) is 2. The molecule has 0 bridgehead atoms. The van der Waals surface area contributed by atoms with Crippen LogP contribution in [0.15, 0.2) is 48.8 Å². The van der Waals surface area contributed by atoms with Crippen molar-refractivity contribution >= 4 is 46.1 Å². The van der Waals surface area contributed by atoms with Gasteiger partial charge < -0.3 is 25.0 Å². The number of aromatic nitrogens is 2. The van der Waals surface area contributed by atoms with Crippen molar-refractivity contribution in [3.05, 3.63) is 59.7 Å². The molecule has 2 atom stereocenters. The minimum atomic E-state index is -0.503. The first-order valence-corrected chi connectivity index (χ1v) is 12.7. The molecule has 0 aliphatic carbocycles. The Balaban J connectivity index is 0.000000204. The standard InChI is InChI=1S/C16H12ClFN4O2.C11H20N2O/c1-24-15-6-13-10(5-14(15)21-8-23)16(20-7-19-13)22-9-2-3-12(18)11(17)4-9;1-3-4-5-13-6-7-14-11-9-12(2)8-10(11)13/h2-8H,1H3,(H,21,23)(H,19,20,22);3-4,10-11H,5-9H2,1-2H3/b;4-3+. The summed E-state index contributed by atoms with van der Waals surface area (Å²) in [6.07, 6.45) is 6.76. The Morgan fingerprint density at radius 2 is 2.11 bits per heavy atom. The van der Waals surface area contributed by atoms with E-state index in [1.165, 1.54) is 25.6 Å². The average molecular weight is 543 g/mol. The zero-order chi connectivity index (χ0) is 27.1. The van der Waals surface area contributed by atoms with Gasteiger partial charge in [-0.1, -0.05) is 23.8 Å². The molecule has 9 nitrogen and oxygen atoms in total. The summed E-state index contributed by atoms with van der Waals surface area (Å²) in [5, 5.41) is 6.29. The molecule has 2 aliphatic heterocycles. The largest absolute Gasteiger partial charge is 0.494 e. The minimum Gasteiger partial charge on any atom is -0.494 e. The van der Waals surface area contributed by atoms with Gasteiger partial charge in [0, 0.05) is 43.3 Å². The van der Waals surface area contributed by atoms with Gasteiger partial charge in [0.1, 0.15) is 23.7 Å². The number of hydrogen-bond donors (Lipinski definition) is 2. The number of ether oxygens (including phenoxy) is 2. The van der Waals surface area contributed by atoms with Crippen molar-refractivity contribution in [1.29, 1.82) is 0 Å². The predicted octanol–water partition coefficient (Wildman–Crippen LogP) is 4.32. The van der Waals surface area contributed by atoms with E-state index in [4.69, 9.17) is 21.1 Å². The van der Waals surface area contributed by atoms with Crippen LogP contribution in [0.1, 0.15) is 6.92 Å². The van der Waals surface area contributed by atoms with Crippen LogP contribution >= 0.6 is 11.6 Å². The van der Waals surface area contributed by atoms with Crippen molar-refractivity contribution in [2.75, 3.05) is 57.6 Å². The third-order valence-electron chi connectivity index (χ3n) is 6.53. The highest BCUT2D eigenvalue weighted by atomic mass is 35.5. The Morgan fingerprint density at radius 1 is 1.26 bits per heavy atom. The minimum absolute atomic E-state index is 0.00309. The SMILES string of the molecule is C/C=C/CN1CCOC2CN(C)CC21.COc1cc2ncnc(Nc3ccc(F)c(Cl)c3)c2cc1NC=O. The van der Waals surface area contributed by atoms with E-state index in [0.29, 0.717) is 52.4 Å². The van der Waals surface area contributed by atoms with E-state index in [2.05, 4.69) is 56.5 Å². The van der Waals surface area contributed by atoms with Gasteiger partial charge in [0.25, 0.3) is 0 Å². The van der Waals surface area contributed by atoms with Crippen LogP contribution in [0.2, 0.25) is 5.02 Å². The zero-order valence-electron chi connectivity index (χ0n) is 21.7. The molecule has 2 unspecified atom stereocenters. The second kappa shape index (κ2) is 13.0. The van der Waals surface area contributed by atoms with Crippen molar-refractivity contribution in [3.63, 3.8) is 0 Å². The fraction of sp³-hybridized carbons (Fsp3) is 0.370. The monoisotopic (exact) mass is 542 g/mol. The third-order valence-corrected chi connectivity index (χ3v) is 6.82. The third kappa shape index (κ3) is 6.57.